The smallest absolute Gasteiger partial charge is 0.116 e. The van der Waals surface area contributed by atoms with Gasteiger partial charge in [0.25, 0.3) is 0 Å². The first-order valence-corrected chi connectivity index (χ1v) is 9.63. The molecule has 2 aromatic carbocycles. The number of hydrogen-bond donors (Lipinski definition) is 2. The molecule has 0 bridgehead atoms. The molecule has 30 heavy (non-hydrogen) atoms. The fourth-order valence-electron chi connectivity index (χ4n) is 3.90. The Bertz CT molecular complexity index is 1480. The Labute approximate surface area is 171 Å². The molecule has 0 unspecified atom stereocenters. The highest BCUT2D eigenvalue weighted by molar-refractivity contribution is 6.01. The molecule has 2 N–H and O–H groups in total. The molecule has 0 saturated carbocycles. The van der Waals surface area contributed by atoms with Crippen LogP contribution >= 0.6 is 0 Å². The molecule has 4 heterocycles. The van der Waals surface area contributed by atoms with Gasteiger partial charge in [0.1, 0.15) is 12.0 Å². The zero-order valence-electron chi connectivity index (χ0n) is 15.9. The van der Waals surface area contributed by atoms with Crippen molar-refractivity contribution in [2.24, 2.45) is 0 Å². The summed E-state index contributed by atoms with van der Waals surface area (Å²) in [5.74, 6) is 0. The minimum atomic E-state index is 0.886. The highest BCUT2D eigenvalue weighted by Crippen LogP contribution is 2.34. The molecule has 0 fully saturated rings. The first-order valence-electron chi connectivity index (χ1n) is 9.63. The van der Waals surface area contributed by atoms with Crippen molar-refractivity contribution in [3.8, 4) is 33.6 Å². The first kappa shape index (κ1) is 16.6. The molecule has 0 aliphatic heterocycles. The van der Waals surface area contributed by atoms with Crippen LogP contribution in [0.25, 0.3) is 55.4 Å². The lowest BCUT2D eigenvalue weighted by Gasteiger charge is -2.02. The number of rotatable bonds is 3. The van der Waals surface area contributed by atoms with Gasteiger partial charge in [-0.15, -0.1) is 0 Å². The Balaban J connectivity index is 1.52. The average Bonchev–Trinajstić information content (AvgIpc) is 3.43. The third kappa shape index (κ3) is 2.66. The fraction of sp³-hybridized carbons (Fsp3) is 0. The van der Waals surface area contributed by atoms with Gasteiger partial charge in [0, 0.05) is 52.2 Å². The van der Waals surface area contributed by atoms with Gasteiger partial charge < -0.3 is 4.98 Å². The second-order valence-electron chi connectivity index (χ2n) is 7.15. The van der Waals surface area contributed by atoms with Crippen LogP contribution in [-0.4, -0.2) is 30.1 Å². The van der Waals surface area contributed by atoms with E-state index in [0.29, 0.717) is 0 Å². The van der Waals surface area contributed by atoms with E-state index in [2.05, 4.69) is 72.6 Å². The van der Waals surface area contributed by atoms with Crippen LogP contribution in [0.15, 0.2) is 85.7 Å². The van der Waals surface area contributed by atoms with Crippen molar-refractivity contribution in [1.82, 2.24) is 30.1 Å². The van der Waals surface area contributed by atoms with E-state index in [0.717, 1.165) is 55.4 Å². The molecule has 6 rings (SSSR count). The van der Waals surface area contributed by atoms with Crippen LogP contribution in [-0.2, 0) is 0 Å². The third-order valence-electron chi connectivity index (χ3n) is 5.35. The van der Waals surface area contributed by atoms with Crippen LogP contribution in [0.1, 0.15) is 0 Å². The molecule has 0 saturated heterocycles. The van der Waals surface area contributed by atoms with Crippen LogP contribution in [0.4, 0.5) is 0 Å². The number of nitrogens with zero attached hydrogens (tertiary/aromatic N) is 4. The quantitative estimate of drug-likeness (QED) is 0.435. The van der Waals surface area contributed by atoms with E-state index in [-0.39, 0.29) is 0 Å². The molecule has 0 aliphatic rings. The summed E-state index contributed by atoms with van der Waals surface area (Å²) in [6.45, 7) is 0. The van der Waals surface area contributed by atoms with Crippen LogP contribution < -0.4 is 0 Å². The van der Waals surface area contributed by atoms with Gasteiger partial charge in [0.15, 0.2) is 0 Å². The number of fused-ring (bicyclic) bond motifs is 2. The fourth-order valence-corrected chi connectivity index (χ4v) is 3.90. The number of aromatic nitrogens is 6. The molecule has 0 radical (unpaired) electrons. The average molecular weight is 388 g/mol. The molecular formula is C24H16N6. The third-order valence-corrected chi connectivity index (χ3v) is 5.35. The minimum Gasteiger partial charge on any atom is -0.353 e. The lowest BCUT2D eigenvalue weighted by atomic mass is 10.0. The maximum absolute atomic E-state index is 4.60. The molecule has 0 atom stereocenters. The number of nitrogens with one attached hydrogen (secondary N) is 2. The van der Waals surface area contributed by atoms with Crippen molar-refractivity contribution >= 4 is 21.8 Å². The van der Waals surface area contributed by atoms with Crippen LogP contribution in [0.2, 0.25) is 0 Å². The highest BCUT2D eigenvalue weighted by atomic mass is 15.1. The number of pyridine rings is 1. The van der Waals surface area contributed by atoms with Crippen molar-refractivity contribution in [2.75, 3.05) is 0 Å². The highest BCUT2D eigenvalue weighted by Gasteiger charge is 2.14. The summed E-state index contributed by atoms with van der Waals surface area (Å²) in [4.78, 5) is 16.1. The Morgan fingerprint density at radius 3 is 2.43 bits per heavy atom. The van der Waals surface area contributed by atoms with Gasteiger partial charge in [-0.1, -0.05) is 24.3 Å². The zero-order valence-corrected chi connectivity index (χ0v) is 15.9. The summed E-state index contributed by atoms with van der Waals surface area (Å²) < 4.78 is 0. The summed E-state index contributed by atoms with van der Waals surface area (Å²) in [5, 5.41) is 9.93. The van der Waals surface area contributed by atoms with E-state index in [1.165, 1.54) is 6.33 Å². The summed E-state index contributed by atoms with van der Waals surface area (Å²) >= 11 is 0. The van der Waals surface area contributed by atoms with Gasteiger partial charge in [-0.2, -0.15) is 5.10 Å². The summed E-state index contributed by atoms with van der Waals surface area (Å²) in [6, 6.07) is 18.7. The maximum Gasteiger partial charge on any atom is 0.116 e. The van der Waals surface area contributed by atoms with E-state index in [1.807, 2.05) is 30.7 Å². The Kier molecular flexibility index (Phi) is 3.67. The normalized spacial score (nSPS) is 11.3. The predicted molar refractivity (Wildman–Crippen MR) is 118 cm³/mol. The molecular weight excluding hydrogens is 372 g/mol. The second kappa shape index (κ2) is 6.63. The SMILES string of the molecule is c1cncc(-c2cccc3[nH]c(-c4n[nH]c5ccc(-c6cncnc6)cc45)cc23)c1. The van der Waals surface area contributed by atoms with Crippen molar-refractivity contribution in [2.45, 2.75) is 0 Å². The van der Waals surface area contributed by atoms with E-state index in [1.54, 1.807) is 6.20 Å². The molecule has 6 nitrogen and oxygen atoms in total. The van der Waals surface area contributed by atoms with Crippen molar-refractivity contribution < 1.29 is 0 Å². The Morgan fingerprint density at radius 1 is 0.667 bits per heavy atom. The number of benzene rings is 2. The number of hydrogen-bond acceptors (Lipinski definition) is 4. The molecule has 6 aromatic rings. The van der Waals surface area contributed by atoms with Crippen LogP contribution in [0.5, 0.6) is 0 Å². The summed E-state index contributed by atoms with van der Waals surface area (Å²) in [7, 11) is 0. The van der Waals surface area contributed by atoms with Crippen molar-refractivity contribution in [1.29, 1.82) is 0 Å². The molecule has 0 aliphatic carbocycles. The zero-order chi connectivity index (χ0) is 19.9. The van der Waals surface area contributed by atoms with Gasteiger partial charge >= 0.3 is 0 Å². The largest absolute Gasteiger partial charge is 0.353 e. The number of H-pyrrole nitrogens is 2. The van der Waals surface area contributed by atoms with Crippen molar-refractivity contribution in [3.05, 3.63) is 85.7 Å². The van der Waals surface area contributed by atoms with Gasteiger partial charge in [-0.25, -0.2) is 9.97 Å². The van der Waals surface area contributed by atoms with E-state index in [4.69, 9.17) is 0 Å². The van der Waals surface area contributed by atoms with E-state index < -0.39 is 0 Å². The monoisotopic (exact) mass is 388 g/mol. The Morgan fingerprint density at radius 2 is 1.57 bits per heavy atom. The van der Waals surface area contributed by atoms with Crippen molar-refractivity contribution in [3.63, 3.8) is 0 Å². The predicted octanol–water partition coefficient (Wildman–Crippen LogP) is 5.23. The van der Waals surface area contributed by atoms with E-state index >= 15 is 0 Å². The molecule has 0 amide bonds. The maximum atomic E-state index is 4.60. The van der Waals surface area contributed by atoms with Gasteiger partial charge in [-0.3, -0.25) is 10.1 Å². The minimum absolute atomic E-state index is 0.886. The molecule has 6 heteroatoms. The molecule has 0 spiro atoms. The summed E-state index contributed by atoms with van der Waals surface area (Å²) in [6.07, 6.45) is 8.85. The summed E-state index contributed by atoms with van der Waals surface area (Å²) in [5.41, 5.74) is 8.16. The lowest BCUT2D eigenvalue weighted by molar-refractivity contribution is 1.12. The molecule has 4 aromatic heterocycles. The standard InChI is InChI=1S/C24H16N6/c1-4-18(16-3-2-8-25-11-16)19-10-23(28-21(19)5-1)24-20-9-15(6-7-22(20)29-30-24)17-12-26-14-27-13-17/h1-14,28H,(H,29,30). The van der Waals surface area contributed by atoms with E-state index in [9.17, 15) is 0 Å². The molecule has 142 valence electrons. The number of aromatic amines is 2. The Hall–Kier alpha value is -4.32. The van der Waals surface area contributed by atoms with Gasteiger partial charge in [-0.05, 0) is 41.5 Å². The second-order valence-corrected chi connectivity index (χ2v) is 7.15. The lowest BCUT2D eigenvalue weighted by Crippen LogP contribution is -1.83. The van der Waals surface area contributed by atoms with Gasteiger partial charge in [0.2, 0.25) is 0 Å². The van der Waals surface area contributed by atoms with Crippen LogP contribution in [0.3, 0.4) is 0 Å². The first-order chi connectivity index (χ1) is 14.9. The van der Waals surface area contributed by atoms with Crippen LogP contribution in [0, 0.1) is 0 Å². The topological polar surface area (TPSA) is 83.1 Å². The van der Waals surface area contributed by atoms with Gasteiger partial charge in [0.05, 0.1) is 11.2 Å².